The summed E-state index contributed by atoms with van der Waals surface area (Å²) >= 11 is 0. The second-order valence-electron chi connectivity index (χ2n) is 9.17. The average molecular weight is 348 g/mol. The molecule has 3 heteroatoms. The SMILES string of the molecule is CC1(B2OC(C)(C)C(C)(C)O2)CCC1c1ccc(-c2ccccc2)cc1. The van der Waals surface area contributed by atoms with Gasteiger partial charge in [-0.1, -0.05) is 61.5 Å². The van der Waals surface area contributed by atoms with E-state index in [1.807, 2.05) is 0 Å². The molecule has 0 N–H and O–H groups in total. The summed E-state index contributed by atoms with van der Waals surface area (Å²) in [5, 5.41) is 0.0410. The molecule has 1 aliphatic heterocycles. The van der Waals surface area contributed by atoms with Gasteiger partial charge in [-0.3, -0.25) is 0 Å². The lowest BCUT2D eigenvalue weighted by atomic mass is 9.41. The number of rotatable bonds is 3. The number of benzene rings is 2. The number of hydrogen-bond donors (Lipinski definition) is 0. The largest absolute Gasteiger partial charge is 0.464 e. The molecule has 0 radical (unpaired) electrons. The molecule has 0 bridgehead atoms. The van der Waals surface area contributed by atoms with Crippen molar-refractivity contribution in [1.82, 2.24) is 0 Å². The zero-order valence-electron chi connectivity index (χ0n) is 16.6. The van der Waals surface area contributed by atoms with Gasteiger partial charge in [-0.15, -0.1) is 0 Å². The molecule has 0 aromatic heterocycles. The van der Waals surface area contributed by atoms with Gasteiger partial charge in [-0.25, -0.2) is 0 Å². The minimum absolute atomic E-state index is 0.0410. The van der Waals surface area contributed by atoms with E-state index in [0.717, 1.165) is 6.42 Å². The van der Waals surface area contributed by atoms with Gasteiger partial charge in [0.05, 0.1) is 11.2 Å². The summed E-state index contributed by atoms with van der Waals surface area (Å²) in [5.41, 5.74) is 3.40. The van der Waals surface area contributed by atoms with Crippen molar-refractivity contribution in [1.29, 1.82) is 0 Å². The minimum atomic E-state index is -0.266. The highest BCUT2D eigenvalue weighted by Gasteiger charge is 2.62. The van der Waals surface area contributed by atoms with E-state index in [-0.39, 0.29) is 23.6 Å². The molecule has 2 aromatic rings. The second-order valence-corrected chi connectivity index (χ2v) is 9.17. The van der Waals surface area contributed by atoms with Crippen LogP contribution in [0.4, 0.5) is 0 Å². The summed E-state index contributed by atoms with van der Waals surface area (Å²) in [6, 6.07) is 19.6. The second kappa shape index (κ2) is 5.97. The molecule has 0 amide bonds. The molecule has 1 heterocycles. The molecule has 1 saturated carbocycles. The van der Waals surface area contributed by atoms with Crippen LogP contribution >= 0.6 is 0 Å². The Morgan fingerprint density at radius 2 is 1.31 bits per heavy atom. The first-order chi connectivity index (χ1) is 12.2. The standard InChI is InChI=1S/C23H29BO2/c1-21(2)22(3,4)26-24(25-21)23(5)16-15-20(23)19-13-11-18(12-14-19)17-9-7-6-8-10-17/h6-14,20H,15-16H2,1-5H3. The Morgan fingerprint density at radius 1 is 0.769 bits per heavy atom. The van der Waals surface area contributed by atoms with Gasteiger partial charge in [0.1, 0.15) is 0 Å². The molecular formula is C23H29BO2. The molecule has 2 unspecified atom stereocenters. The summed E-state index contributed by atoms with van der Waals surface area (Å²) < 4.78 is 12.8. The van der Waals surface area contributed by atoms with Crippen LogP contribution in [-0.4, -0.2) is 18.3 Å². The fourth-order valence-electron chi connectivity index (χ4n) is 4.22. The first kappa shape index (κ1) is 17.8. The summed E-state index contributed by atoms with van der Waals surface area (Å²) in [7, 11) is -0.139. The average Bonchev–Trinajstić information content (AvgIpc) is 2.82. The van der Waals surface area contributed by atoms with Crippen molar-refractivity contribution < 1.29 is 9.31 Å². The molecule has 2 aliphatic rings. The van der Waals surface area contributed by atoms with Gasteiger partial charge in [0.25, 0.3) is 0 Å². The fraction of sp³-hybridized carbons (Fsp3) is 0.478. The Morgan fingerprint density at radius 3 is 1.81 bits per heavy atom. The molecule has 4 rings (SSSR count). The van der Waals surface area contributed by atoms with Crippen LogP contribution < -0.4 is 0 Å². The van der Waals surface area contributed by atoms with Crippen LogP contribution in [0.15, 0.2) is 54.6 Å². The maximum Gasteiger partial charge on any atom is 0.464 e. The van der Waals surface area contributed by atoms with Crippen LogP contribution in [0.2, 0.25) is 5.31 Å². The Balaban J connectivity index is 1.56. The third kappa shape index (κ3) is 2.73. The van der Waals surface area contributed by atoms with E-state index in [4.69, 9.17) is 9.31 Å². The summed E-state index contributed by atoms with van der Waals surface area (Å²) in [5.74, 6) is 0.488. The first-order valence-corrected chi connectivity index (χ1v) is 9.74. The summed E-state index contributed by atoms with van der Waals surface area (Å²) in [6.07, 6.45) is 2.35. The zero-order chi connectivity index (χ0) is 18.6. The van der Waals surface area contributed by atoms with E-state index in [1.54, 1.807) is 0 Å². The van der Waals surface area contributed by atoms with Gasteiger partial charge in [-0.2, -0.15) is 0 Å². The highest BCUT2D eigenvalue weighted by Crippen LogP contribution is 2.63. The van der Waals surface area contributed by atoms with E-state index in [0.29, 0.717) is 5.92 Å². The highest BCUT2D eigenvalue weighted by molar-refractivity contribution is 6.50. The van der Waals surface area contributed by atoms with Crippen molar-refractivity contribution in [3.05, 3.63) is 60.2 Å². The van der Waals surface area contributed by atoms with Crippen LogP contribution in [0.1, 0.15) is 58.9 Å². The zero-order valence-corrected chi connectivity index (χ0v) is 16.6. The monoisotopic (exact) mass is 348 g/mol. The molecule has 26 heavy (non-hydrogen) atoms. The van der Waals surface area contributed by atoms with E-state index >= 15 is 0 Å². The topological polar surface area (TPSA) is 18.5 Å². The lowest BCUT2D eigenvalue weighted by Gasteiger charge is -2.48. The Hall–Kier alpha value is -1.58. The molecular weight excluding hydrogens is 319 g/mol. The van der Waals surface area contributed by atoms with Crippen molar-refractivity contribution in [3.63, 3.8) is 0 Å². The molecule has 1 saturated heterocycles. The third-order valence-corrected chi connectivity index (χ3v) is 6.98. The lowest BCUT2D eigenvalue weighted by Crippen LogP contribution is -2.44. The van der Waals surface area contributed by atoms with Gasteiger partial charge in [-0.05, 0) is 63.1 Å². The van der Waals surface area contributed by atoms with Crippen molar-refractivity contribution >= 4 is 7.12 Å². The predicted octanol–water partition coefficient (Wildman–Crippen LogP) is 6.08. The summed E-state index contributed by atoms with van der Waals surface area (Å²) in [6.45, 7) is 10.9. The predicted molar refractivity (Wildman–Crippen MR) is 108 cm³/mol. The molecule has 1 aliphatic carbocycles. The quantitative estimate of drug-likeness (QED) is 0.626. The first-order valence-electron chi connectivity index (χ1n) is 9.74. The minimum Gasteiger partial charge on any atom is -0.403 e. The van der Waals surface area contributed by atoms with Crippen LogP contribution in [0.3, 0.4) is 0 Å². The van der Waals surface area contributed by atoms with E-state index in [9.17, 15) is 0 Å². The molecule has 2 atom stereocenters. The number of hydrogen-bond acceptors (Lipinski definition) is 2. The van der Waals surface area contributed by atoms with E-state index < -0.39 is 0 Å². The van der Waals surface area contributed by atoms with Gasteiger partial charge < -0.3 is 9.31 Å². The molecule has 0 spiro atoms. The van der Waals surface area contributed by atoms with Gasteiger partial charge in [0.15, 0.2) is 0 Å². The van der Waals surface area contributed by atoms with Gasteiger partial charge >= 0.3 is 7.12 Å². The molecule has 2 aromatic carbocycles. The highest BCUT2D eigenvalue weighted by atomic mass is 16.7. The molecule has 2 fully saturated rings. The van der Waals surface area contributed by atoms with E-state index in [2.05, 4.69) is 89.2 Å². The molecule has 136 valence electrons. The van der Waals surface area contributed by atoms with Crippen LogP contribution in [0.25, 0.3) is 11.1 Å². The smallest absolute Gasteiger partial charge is 0.403 e. The third-order valence-electron chi connectivity index (χ3n) is 6.98. The van der Waals surface area contributed by atoms with Crippen LogP contribution in [0.5, 0.6) is 0 Å². The van der Waals surface area contributed by atoms with Crippen molar-refractivity contribution in [2.24, 2.45) is 0 Å². The fourth-order valence-corrected chi connectivity index (χ4v) is 4.22. The van der Waals surface area contributed by atoms with Crippen molar-refractivity contribution in [3.8, 4) is 11.1 Å². The van der Waals surface area contributed by atoms with Crippen LogP contribution in [0, 0.1) is 0 Å². The van der Waals surface area contributed by atoms with Crippen molar-refractivity contribution in [2.45, 2.75) is 69.9 Å². The maximum absolute atomic E-state index is 6.39. The normalized spacial score (nSPS) is 29.4. The van der Waals surface area contributed by atoms with Crippen molar-refractivity contribution in [2.75, 3.05) is 0 Å². The van der Waals surface area contributed by atoms with E-state index in [1.165, 1.54) is 23.1 Å². The lowest BCUT2D eigenvalue weighted by molar-refractivity contribution is 0.00578. The van der Waals surface area contributed by atoms with Gasteiger partial charge in [0, 0.05) is 5.31 Å². The Labute approximate surface area is 158 Å². The maximum atomic E-state index is 6.39. The molecule has 2 nitrogen and oxygen atoms in total. The van der Waals surface area contributed by atoms with Crippen LogP contribution in [-0.2, 0) is 9.31 Å². The summed E-state index contributed by atoms with van der Waals surface area (Å²) in [4.78, 5) is 0. The van der Waals surface area contributed by atoms with Gasteiger partial charge in [0.2, 0.25) is 0 Å². The Kier molecular flexibility index (Phi) is 4.09. The Bertz CT molecular complexity index is 766.